The molecule has 98 valence electrons. The number of nitrogens with zero attached hydrogens (tertiary/aromatic N) is 3. The van der Waals surface area contributed by atoms with Gasteiger partial charge in [0.2, 0.25) is 0 Å². The second kappa shape index (κ2) is 4.45. The number of anilines is 1. The second-order valence-corrected chi connectivity index (χ2v) is 3.82. The van der Waals surface area contributed by atoms with Crippen LogP contribution in [0.5, 0.6) is 0 Å². The molecule has 0 amide bonds. The molecule has 0 unspecified atom stereocenters. The number of aliphatic hydroxyl groups is 1. The SMILES string of the molecule is Cc1cc(NC[C@@H](O)C(F)(F)F)n2nccc2n1. The molecular formula is C10H11F3N4O. The fourth-order valence-electron chi connectivity index (χ4n) is 1.48. The lowest BCUT2D eigenvalue weighted by molar-refractivity contribution is -0.198. The molecule has 2 aromatic rings. The Morgan fingerprint density at radius 2 is 2.22 bits per heavy atom. The maximum atomic E-state index is 12.2. The zero-order valence-corrected chi connectivity index (χ0v) is 9.44. The fourth-order valence-corrected chi connectivity index (χ4v) is 1.48. The van der Waals surface area contributed by atoms with Crippen molar-refractivity contribution >= 4 is 11.5 Å². The van der Waals surface area contributed by atoms with Gasteiger partial charge in [0, 0.05) is 17.8 Å². The van der Waals surface area contributed by atoms with Crippen molar-refractivity contribution in [2.75, 3.05) is 11.9 Å². The van der Waals surface area contributed by atoms with E-state index < -0.39 is 18.8 Å². The highest BCUT2D eigenvalue weighted by Crippen LogP contribution is 2.20. The average molecular weight is 260 g/mol. The Morgan fingerprint density at radius 1 is 1.50 bits per heavy atom. The predicted molar refractivity (Wildman–Crippen MR) is 58.3 cm³/mol. The standard InChI is InChI=1S/C10H11F3N4O/c1-6-4-9(14-5-7(18)10(11,12)13)17-8(16-6)2-3-15-17/h2-4,7,14,18H,5H2,1H3/t7-/m1/s1. The van der Waals surface area contributed by atoms with Gasteiger partial charge in [-0.3, -0.25) is 0 Å². The van der Waals surface area contributed by atoms with Crippen molar-refractivity contribution in [1.82, 2.24) is 14.6 Å². The van der Waals surface area contributed by atoms with Gasteiger partial charge in [0.05, 0.1) is 12.7 Å². The minimum Gasteiger partial charge on any atom is -0.382 e. The van der Waals surface area contributed by atoms with Crippen LogP contribution in [0.25, 0.3) is 5.65 Å². The first-order chi connectivity index (χ1) is 8.38. The van der Waals surface area contributed by atoms with Gasteiger partial charge in [-0.15, -0.1) is 0 Å². The summed E-state index contributed by atoms with van der Waals surface area (Å²) >= 11 is 0. The molecule has 0 radical (unpaired) electrons. The number of aliphatic hydroxyl groups excluding tert-OH is 1. The molecule has 0 aliphatic heterocycles. The summed E-state index contributed by atoms with van der Waals surface area (Å²) in [6, 6.07) is 3.20. The smallest absolute Gasteiger partial charge is 0.382 e. The van der Waals surface area contributed by atoms with Crippen molar-refractivity contribution in [1.29, 1.82) is 0 Å². The van der Waals surface area contributed by atoms with Crippen LogP contribution in [0.15, 0.2) is 18.3 Å². The van der Waals surface area contributed by atoms with E-state index in [0.717, 1.165) is 0 Å². The molecular weight excluding hydrogens is 249 g/mol. The van der Waals surface area contributed by atoms with Gasteiger partial charge in [0.1, 0.15) is 5.82 Å². The van der Waals surface area contributed by atoms with Gasteiger partial charge in [-0.25, -0.2) is 4.98 Å². The van der Waals surface area contributed by atoms with E-state index >= 15 is 0 Å². The first-order valence-corrected chi connectivity index (χ1v) is 5.18. The van der Waals surface area contributed by atoms with Crippen LogP contribution in [0.2, 0.25) is 0 Å². The van der Waals surface area contributed by atoms with E-state index in [1.807, 2.05) is 0 Å². The van der Waals surface area contributed by atoms with Gasteiger partial charge >= 0.3 is 6.18 Å². The summed E-state index contributed by atoms with van der Waals surface area (Å²) in [7, 11) is 0. The lowest BCUT2D eigenvalue weighted by Gasteiger charge is -2.16. The lowest BCUT2D eigenvalue weighted by Crippen LogP contribution is -2.35. The first kappa shape index (κ1) is 12.6. The molecule has 0 aliphatic rings. The zero-order valence-electron chi connectivity index (χ0n) is 9.44. The van der Waals surface area contributed by atoms with E-state index in [9.17, 15) is 13.2 Å². The number of hydrogen-bond donors (Lipinski definition) is 2. The number of nitrogens with one attached hydrogen (secondary N) is 1. The molecule has 18 heavy (non-hydrogen) atoms. The molecule has 0 saturated heterocycles. The third-order valence-electron chi connectivity index (χ3n) is 2.34. The number of hydrogen-bond acceptors (Lipinski definition) is 4. The van der Waals surface area contributed by atoms with Gasteiger partial charge in [0.25, 0.3) is 0 Å². The molecule has 2 heterocycles. The number of aryl methyl sites for hydroxylation is 1. The van der Waals surface area contributed by atoms with Crippen molar-refractivity contribution in [3.8, 4) is 0 Å². The normalized spacial score (nSPS) is 13.8. The Morgan fingerprint density at radius 3 is 2.89 bits per heavy atom. The number of aromatic nitrogens is 3. The average Bonchev–Trinajstić information content (AvgIpc) is 2.71. The van der Waals surface area contributed by atoms with E-state index in [0.29, 0.717) is 17.2 Å². The maximum Gasteiger partial charge on any atom is 0.416 e. The molecule has 0 bridgehead atoms. The quantitative estimate of drug-likeness (QED) is 0.875. The largest absolute Gasteiger partial charge is 0.416 e. The fraction of sp³-hybridized carbons (Fsp3) is 0.400. The van der Waals surface area contributed by atoms with Crippen LogP contribution in [-0.4, -0.2) is 38.5 Å². The highest BCUT2D eigenvalue weighted by atomic mass is 19.4. The first-order valence-electron chi connectivity index (χ1n) is 5.18. The summed E-state index contributed by atoms with van der Waals surface area (Å²) in [5.41, 5.74) is 1.17. The van der Waals surface area contributed by atoms with E-state index in [-0.39, 0.29) is 0 Å². The molecule has 8 heteroatoms. The summed E-state index contributed by atoms with van der Waals surface area (Å²) in [5.74, 6) is 0.353. The highest BCUT2D eigenvalue weighted by molar-refractivity contribution is 5.48. The molecule has 0 aliphatic carbocycles. The Balaban J connectivity index is 2.19. The Bertz CT molecular complexity index is 552. The number of halogens is 3. The van der Waals surface area contributed by atoms with Crippen LogP contribution in [0.3, 0.4) is 0 Å². The summed E-state index contributed by atoms with van der Waals surface area (Å²) in [6.07, 6.45) is -5.57. The molecule has 2 N–H and O–H groups in total. The molecule has 5 nitrogen and oxygen atoms in total. The van der Waals surface area contributed by atoms with Gasteiger partial charge in [-0.1, -0.05) is 0 Å². The van der Waals surface area contributed by atoms with E-state index in [1.54, 1.807) is 19.1 Å². The number of alkyl halides is 3. The molecule has 0 aromatic carbocycles. The van der Waals surface area contributed by atoms with Crippen LogP contribution in [0.1, 0.15) is 5.69 Å². The van der Waals surface area contributed by atoms with Crippen molar-refractivity contribution in [3.05, 3.63) is 24.0 Å². The lowest BCUT2D eigenvalue weighted by atomic mass is 10.3. The van der Waals surface area contributed by atoms with Crippen LogP contribution in [0, 0.1) is 6.92 Å². The Hall–Kier alpha value is -1.83. The molecule has 2 rings (SSSR count). The minimum atomic E-state index is -4.64. The summed E-state index contributed by atoms with van der Waals surface area (Å²) in [5, 5.41) is 15.3. The minimum absolute atomic E-state index is 0.353. The number of fused-ring (bicyclic) bond motifs is 1. The van der Waals surface area contributed by atoms with E-state index in [1.165, 1.54) is 10.7 Å². The maximum absolute atomic E-state index is 12.2. The molecule has 1 atom stereocenters. The van der Waals surface area contributed by atoms with Crippen molar-refractivity contribution < 1.29 is 18.3 Å². The summed E-state index contributed by atoms with van der Waals surface area (Å²) in [4.78, 5) is 4.15. The second-order valence-electron chi connectivity index (χ2n) is 3.82. The predicted octanol–water partition coefficient (Wildman–Crippen LogP) is 1.37. The van der Waals surface area contributed by atoms with Gasteiger partial charge in [-0.2, -0.15) is 22.8 Å². The Labute approximate surface area is 100 Å². The third-order valence-corrected chi connectivity index (χ3v) is 2.34. The van der Waals surface area contributed by atoms with Crippen molar-refractivity contribution in [3.63, 3.8) is 0 Å². The van der Waals surface area contributed by atoms with Gasteiger partial charge in [-0.05, 0) is 6.92 Å². The molecule has 2 aromatic heterocycles. The number of rotatable bonds is 3. The van der Waals surface area contributed by atoms with Crippen LogP contribution < -0.4 is 5.32 Å². The van der Waals surface area contributed by atoms with E-state index in [4.69, 9.17) is 5.11 Å². The topological polar surface area (TPSA) is 62.5 Å². The van der Waals surface area contributed by atoms with Gasteiger partial charge in [0.15, 0.2) is 11.8 Å². The molecule has 0 saturated carbocycles. The van der Waals surface area contributed by atoms with E-state index in [2.05, 4.69) is 15.4 Å². The highest BCUT2D eigenvalue weighted by Gasteiger charge is 2.37. The van der Waals surface area contributed by atoms with Crippen LogP contribution in [0.4, 0.5) is 19.0 Å². The van der Waals surface area contributed by atoms with Crippen molar-refractivity contribution in [2.24, 2.45) is 0 Å². The molecule has 0 spiro atoms. The van der Waals surface area contributed by atoms with Crippen LogP contribution in [-0.2, 0) is 0 Å². The zero-order chi connectivity index (χ0) is 13.3. The molecule has 0 fully saturated rings. The third kappa shape index (κ3) is 2.53. The van der Waals surface area contributed by atoms with Crippen LogP contribution >= 0.6 is 0 Å². The monoisotopic (exact) mass is 260 g/mol. The Kier molecular flexibility index (Phi) is 3.12. The summed E-state index contributed by atoms with van der Waals surface area (Å²) < 4.78 is 37.9. The summed E-state index contributed by atoms with van der Waals surface area (Å²) in [6.45, 7) is 1.08. The van der Waals surface area contributed by atoms with Crippen molar-refractivity contribution in [2.45, 2.75) is 19.2 Å². The van der Waals surface area contributed by atoms with Gasteiger partial charge < -0.3 is 10.4 Å².